The second-order valence-corrected chi connectivity index (χ2v) is 11.5. The van der Waals surface area contributed by atoms with E-state index in [1.54, 1.807) is 24.5 Å². The van der Waals surface area contributed by atoms with Crippen LogP contribution in [-0.4, -0.2) is 60.0 Å². The topological polar surface area (TPSA) is 109 Å². The number of H-pyrrole nitrogens is 1. The second kappa shape index (κ2) is 12.4. The first kappa shape index (κ1) is 28.1. The molecule has 4 bridgehead atoms. The van der Waals surface area contributed by atoms with Gasteiger partial charge in [-0.2, -0.15) is 0 Å². The van der Waals surface area contributed by atoms with E-state index in [1.165, 1.54) is 13.2 Å². The summed E-state index contributed by atoms with van der Waals surface area (Å²) in [4.78, 5) is 36.3. The van der Waals surface area contributed by atoms with Gasteiger partial charge in [-0.1, -0.05) is 25.3 Å². The number of aromatic nitrogens is 2. The number of aromatic amines is 1. The van der Waals surface area contributed by atoms with Gasteiger partial charge in [0.05, 0.1) is 42.5 Å². The number of nitrogens with one attached hydrogen (secondary N) is 3. The zero-order valence-electron chi connectivity index (χ0n) is 24.0. The quantitative estimate of drug-likeness (QED) is 0.366. The third kappa shape index (κ3) is 5.67. The maximum atomic E-state index is 14.7. The van der Waals surface area contributed by atoms with E-state index >= 15 is 0 Å². The van der Waals surface area contributed by atoms with Gasteiger partial charge in [0.2, 0.25) is 5.91 Å². The number of para-hydroxylation sites is 1. The number of rotatable bonds is 3. The molecule has 10 heteroatoms. The Morgan fingerprint density at radius 3 is 2.88 bits per heavy atom. The van der Waals surface area contributed by atoms with E-state index < -0.39 is 5.82 Å². The number of hydrogen-bond donors (Lipinski definition) is 3. The number of amides is 2. The number of halogens is 1. The number of hydrogen-bond acceptors (Lipinski definition) is 6. The molecule has 2 atom stereocenters. The number of piperidine rings is 1. The number of nitrogens with zero attached hydrogens (tertiary/aromatic N) is 2. The van der Waals surface area contributed by atoms with E-state index in [9.17, 15) is 14.0 Å². The van der Waals surface area contributed by atoms with E-state index in [1.807, 2.05) is 11.0 Å². The SMILES string of the molecule is COc1c(F)cccc1Nc1c2[nH]c3c1C(=O)NCC3CCCCCCC(=O)N1CCCC(COc3cnccc3-2)C1. The summed E-state index contributed by atoms with van der Waals surface area (Å²) in [5.74, 6) is 0.495. The lowest BCUT2D eigenvalue weighted by Crippen LogP contribution is -2.41. The summed E-state index contributed by atoms with van der Waals surface area (Å²) in [7, 11) is 1.42. The van der Waals surface area contributed by atoms with Crippen LogP contribution >= 0.6 is 0 Å². The number of benzene rings is 1. The molecule has 9 nitrogen and oxygen atoms in total. The summed E-state index contributed by atoms with van der Waals surface area (Å²) < 4.78 is 26.5. The van der Waals surface area contributed by atoms with Gasteiger partial charge in [0, 0.05) is 55.3 Å². The summed E-state index contributed by atoms with van der Waals surface area (Å²) in [6, 6.07) is 6.53. The summed E-state index contributed by atoms with van der Waals surface area (Å²) in [6.07, 6.45) is 10.7. The Bertz CT molecular complexity index is 1460. The van der Waals surface area contributed by atoms with Crippen molar-refractivity contribution >= 4 is 23.2 Å². The molecule has 0 spiro atoms. The van der Waals surface area contributed by atoms with Gasteiger partial charge in [-0.05, 0) is 43.9 Å². The lowest BCUT2D eigenvalue weighted by Gasteiger charge is -2.33. The molecule has 3 aliphatic heterocycles. The fourth-order valence-corrected chi connectivity index (χ4v) is 6.51. The molecule has 1 aromatic carbocycles. The molecule has 3 aliphatic rings. The lowest BCUT2D eigenvalue weighted by atomic mass is 9.91. The fraction of sp³-hybridized carbons (Fsp3) is 0.469. The smallest absolute Gasteiger partial charge is 0.255 e. The normalized spacial score (nSPS) is 21.3. The molecule has 42 heavy (non-hydrogen) atoms. The molecule has 0 aliphatic carbocycles. The van der Waals surface area contributed by atoms with Crippen molar-refractivity contribution in [2.45, 2.75) is 57.3 Å². The molecule has 5 heterocycles. The molecular formula is C32H38FN5O4. The zero-order chi connectivity index (χ0) is 29.1. The summed E-state index contributed by atoms with van der Waals surface area (Å²) in [5.41, 5.74) is 3.74. The number of ether oxygens (including phenoxy) is 2. The van der Waals surface area contributed by atoms with Crippen molar-refractivity contribution in [3.8, 4) is 22.8 Å². The van der Waals surface area contributed by atoms with E-state index in [0.29, 0.717) is 54.5 Å². The van der Waals surface area contributed by atoms with Gasteiger partial charge in [0.1, 0.15) is 5.75 Å². The molecule has 2 amide bonds. The minimum atomic E-state index is -0.499. The molecule has 1 fully saturated rings. The molecule has 0 saturated carbocycles. The highest BCUT2D eigenvalue weighted by atomic mass is 19.1. The monoisotopic (exact) mass is 575 g/mol. The van der Waals surface area contributed by atoms with Gasteiger partial charge in [0.15, 0.2) is 11.6 Å². The first-order valence-electron chi connectivity index (χ1n) is 15.0. The van der Waals surface area contributed by atoms with Crippen molar-refractivity contribution in [2.75, 3.05) is 38.7 Å². The molecule has 222 valence electrons. The third-order valence-electron chi connectivity index (χ3n) is 8.70. The van der Waals surface area contributed by atoms with Gasteiger partial charge in [-0.25, -0.2) is 4.39 Å². The molecule has 2 aromatic heterocycles. The van der Waals surface area contributed by atoms with Crippen molar-refractivity contribution in [3.05, 3.63) is 53.7 Å². The first-order chi connectivity index (χ1) is 20.5. The number of carbonyl (C=O) groups is 2. The van der Waals surface area contributed by atoms with E-state index in [2.05, 4.69) is 20.6 Å². The van der Waals surface area contributed by atoms with Crippen molar-refractivity contribution < 1.29 is 23.5 Å². The van der Waals surface area contributed by atoms with Gasteiger partial charge < -0.3 is 30.0 Å². The van der Waals surface area contributed by atoms with Crippen LogP contribution < -0.4 is 20.1 Å². The minimum Gasteiger partial charge on any atom is -0.492 e. The zero-order valence-corrected chi connectivity index (χ0v) is 24.0. The summed E-state index contributed by atoms with van der Waals surface area (Å²) in [5, 5.41) is 6.41. The van der Waals surface area contributed by atoms with E-state index in [-0.39, 0.29) is 29.4 Å². The van der Waals surface area contributed by atoms with Crippen LogP contribution in [0, 0.1) is 11.7 Å². The van der Waals surface area contributed by atoms with Crippen LogP contribution in [-0.2, 0) is 4.79 Å². The molecular weight excluding hydrogens is 537 g/mol. The Morgan fingerprint density at radius 1 is 1.12 bits per heavy atom. The van der Waals surface area contributed by atoms with Crippen LogP contribution in [0.2, 0.25) is 0 Å². The van der Waals surface area contributed by atoms with Crippen LogP contribution in [0.5, 0.6) is 11.5 Å². The van der Waals surface area contributed by atoms with Gasteiger partial charge in [-0.3, -0.25) is 14.6 Å². The molecule has 3 aromatic rings. The fourth-order valence-electron chi connectivity index (χ4n) is 6.51. The van der Waals surface area contributed by atoms with Crippen LogP contribution in [0.3, 0.4) is 0 Å². The number of anilines is 2. The summed E-state index contributed by atoms with van der Waals surface area (Å²) >= 11 is 0. The average Bonchev–Trinajstić information content (AvgIpc) is 3.38. The van der Waals surface area contributed by atoms with Crippen molar-refractivity contribution in [1.29, 1.82) is 0 Å². The first-order valence-corrected chi connectivity index (χ1v) is 15.0. The average molecular weight is 576 g/mol. The molecule has 0 radical (unpaired) electrons. The van der Waals surface area contributed by atoms with Crippen LogP contribution in [0.1, 0.15) is 73.3 Å². The highest BCUT2D eigenvalue weighted by molar-refractivity contribution is 6.07. The van der Waals surface area contributed by atoms with E-state index in [0.717, 1.165) is 62.7 Å². The Hall–Kier alpha value is -4.08. The predicted octanol–water partition coefficient (Wildman–Crippen LogP) is 5.77. The number of carbonyl (C=O) groups excluding carboxylic acids is 2. The number of methoxy groups -OCH3 is 1. The molecule has 2 unspecified atom stereocenters. The largest absolute Gasteiger partial charge is 0.492 e. The van der Waals surface area contributed by atoms with Gasteiger partial charge in [0.25, 0.3) is 5.91 Å². The van der Waals surface area contributed by atoms with E-state index in [4.69, 9.17) is 9.47 Å². The molecule has 3 N–H and O–H groups in total. The third-order valence-corrected chi connectivity index (χ3v) is 8.70. The molecule has 1 saturated heterocycles. The van der Waals surface area contributed by atoms with Crippen molar-refractivity contribution in [1.82, 2.24) is 20.2 Å². The Kier molecular flexibility index (Phi) is 8.30. The lowest BCUT2D eigenvalue weighted by molar-refractivity contribution is -0.133. The standard InChI is InChI=1S/C32H38FN5O4/c1-41-31-23(33)10-6-11-24(31)36-30-27-28-21(16-35-32(27)40)9-4-2-3-5-12-26(39)38-15-7-8-20(18-38)19-42-25-17-34-14-13-22(25)29(30)37-28/h6,10-11,13-14,17,20-21,36-37H,2-5,7-9,12,15-16,18-19H2,1H3,(H,35,40). The van der Waals surface area contributed by atoms with Gasteiger partial charge in [-0.15, -0.1) is 0 Å². The maximum absolute atomic E-state index is 14.7. The summed E-state index contributed by atoms with van der Waals surface area (Å²) in [6.45, 7) is 2.48. The van der Waals surface area contributed by atoms with Crippen molar-refractivity contribution in [3.63, 3.8) is 0 Å². The second-order valence-electron chi connectivity index (χ2n) is 11.5. The van der Waals surface area contributed by atoms with Crippen molar-refractivity contribution in [2.24, 2.45) is 5.92 Å². The maximum Gasteiger partial charge on any atom is 0.255 e. The van der Waals surface area contributed by atoms with Crippen LogP contribution in [0.4, 0.5) is 15.8 Å². The van der Waals surface area contributed by atoms with Gasteiger partial charge >= 0.3 is 0 Å². The highest BCUT2D eigenvalue weighted by Gasteiger charge is 2.34. The Labute approximate surface area is 245 Å². The van der Waals surface area contributed by atoms with Crippen LogP contribution in [0.15, 0.2) is 36.7 Å². The highest BCUT2D eigenvalue weighted by Crippen LogP contribution is 2.44. The molecule has 6 rings (SSSR count). The number of pyridine rings is 1. The van der Waals surface area contributed by atoms with Crippen LogP contribution in [0.25, 0.3) is 11.3 Å². The number of fused-ring (bicyclic) bond motifs is 5. The minimum absolute atomic E-state index is 0.0688. The predicted molar refractivity (Wildman–Crippen MR) is 158 cm³/mol. The Morgan fingerprint density at radius 2 is 2.00 bits per heavy atom. The Balaban J connectivity index is 1.43.